The quantitative estimate of drug-likeness (QED) is 0.256. The second kappa shape index (κ2) is 10.6. The first-order chi connectivity index (χ1) is 20.1. The van der Waals surface area contributed by atoms with Gasteiger partial charge in [0.2, 0.25) is 5.78 Å². The molecule has 5 heterocycles. The highest BCUT2D eigenvalue weighted by Crippen LogP contribution is 2.38. The summed E-state index contributed by atoms with van der Waals surface area (Å²) >= 11 is 0. The van der Waals surface area contributed by atoms with Crippen LogP contribution in [0.4, 0.5) is 5.82 Å². The van der Waals surface area contributed by atoms with Gasteiger partial charge in [0.25, 0.3) is 0 Å². The minimum atomic E-state index is 0.250. The first-order valence-electron chi connectivity index (χ1n) is 14.0. The fraction of sp³-hybridized carbons (Fsp3) is 0.219. The number of H-pyrrole nitrogens is 1. The molecule has 0 bridgehead atoms. The zero-order chi connectivity index (χ0) is 27.8. The van der Waals surface area contributed by atoms with E-state index in [1.165, 1.54) is 5.56 Å². The van der Waals surface area contributed by atoms with Crippen LogP contribution < -0.4 is 5.32 Å². The molecule has 0 atom stereocenters. The van der Waals surface area contributed by atoms with Gasteiger partial charge in [0, 0.05) is 61.3 Å². The van der Waals surface area contributed by atoms with E-state index in [-0.39, 0.29) is 6.04 Å². The van der Waals surface area contributed by atoms with Crippen molar-refractivity contribution in [3.63, 3.8) is 0 Å². The number of hydrogen-bond donors (Lipinski definition) is 2. The predicted octanol–water partition coefficient (Wildman–Crippen LogP) is 5.66. The predicted molar refractivity (Wildman–Crippen MR) is 160 cm³/mol. The van der Waals surface area contributed by atoms with E-state index < -0.39 is 0 Å². The van der Waals surface area contributed by atoms with Crippen molar-refractivity contribution in [3.05, 3.63) is 103 Å². The van der Waals surface area contributed by atoms with E-state index in [2.05, 4.69) is 92.8 Å². The summed E-state index contributed by atoms with van der Waals surface area (Å²) in [6.45, 7) is 7.07. The smallest absolute Gasteiger partial charge is 0.235 e. The number of aromatic nitrogens is 7. The molecule has 2 N–H and O–H groups in total. The Morgan fingerprint density at radius 3 is 2.44 bits per heavy atom. The summed E-state index contributed by atoms with van der Waals surface area (Å²) in [6, 6.07) is 25.2. The molecule has 4 aromatic heterocycles. The lowest BCUT2D eigenvalue weighted by Crippen LogP contribution is -2.44. The Hall–Kier alpha value is -4.89. The molecule has 1 aliphatic heterocycles. The number of nitrogens with zero attached hydrogens (tertiary/aromatic N) is 7. The average Bonchev–Trinajstić information content (AvgIpc) is 3.66. The van der Waals surface area contributed by atoms with Crippen LogP contribution in [-0.2, 0) is 6.54 Å². The number of aromatic amines is 1. The molecule has 6 aromatic rings. The highest BCUT2D eigenvalue weighted by atomic mass is 15.3. The summed E-state index contributed by atoms with van der Waals surface area (Å²) in [5, 5.41) is 11.1. The molecule has 0 radical (unpaired) electrons. The van der Waals surface area contributed by atoms with Crippen molar-refractivity contribution < 1.29 is 0 Å². The van der Waals surface area contributed by atoms with Crippen molar-refractivity contribution in [2.75, 3.05) is 18.4 Å². The van der Waals surface area contributed by atoms with Gasteiger partial charge in [-0.3, -0.25) is 19.4 Å². The monoisotopic (exact) mass is 541 g/mol. The van der Waals surface area contributed by atoms with Crippen LogP contribution in [0.15, 0.2) is 91.4 Å². The van der Waals surface area contributed by atoms with Crippen molar-refractivity contribution >= 4 is 11.6 Å². The zero-order valence-corrected chi connectivity index (χ0v) is 23.1. The first-order valence-corrected chi connectivity index (χ1v) is 14.0. The molecule has 0 aliphatic carbocycles. The Kier molecular flexibility index (Phi) is 6.48. The number of imidazole rings is 1. The third-order valence-electron chi connectivity index (χ3n) is 7.41. The van der Waals surface area contributed by atoms with Crippen molar-refractivity contribution in [1.29, 1.82) is 0 Å². The van der Waals surface area contributed by atoms with Gasteiger partial charge in [-0.15, -0.1) is 0 Å². The van der Waals surface area contributed by atoms with Gasteiger partial charge in [-0.1, -0.05) is 60.7 Å². The Labute approximate surface area is 238 Å². The number of fused-ring (bicyclic) bond motifs is 1. The summed E-state index contributed by atoms with van der Waals surface area (Å²) in [5.41, 5.74) is 6.22. The van der Waals surface area contributed by atoms with Gasteiger partial charge in [0.05, 0.1) is 5.69 Å². The molecule has 41 heavy (non-hydrogen) atoms. The third kappa shape index (κ3) is 4.96. The Balaban J connectivity index is 1.11. The topological polar surface area (TPSA) is 99.9 Å². The molecule has 7 rings (SSSR count). The minimum Gasteiger partial charge on any atom is -0.368 e. The molecule has 1 saturated heterocycles. The fourth-order valence-corrected chi connectivity index (χ4v) is 5.41. The molecule has 9 heteroatoms. The zero-order valence-electron chi connectivity index (χ0n) is 23.1. The van der Waals surface area contributed by atoms with Gasteiger partial charge in [0.1, 0.15) is 17.3 Å². The fourth-order valence-electron chi connectivity index (χ4n) is 5.41. The van der Waals surface area contributed by atoms with Crippen LogP contribution in [0.2, 0.25) is 0 Å². The van der Waals surface area contributed by atoms with E-state index >= 15 is 0 Å². The molecule has 204 valence electrons. The maximum atomic E-state index is 5.02. The van der Waals surface area contributed by atoms with Crippen molar-refractivity contribution in [1.82, 2.24) is 39.4 Å². The second-order valence-electron chi connectivity index (χ2n) is 10.8. The molecule has 0 spiro atoms. The summed E-state index contributed by atoms with van der Waals surface area (Å²) < 4.78 is 2.04. The lowest BCUT2D eigenvalue weighted by atomic mass is 9.97. The molecule has 0 unspecified atom stereocenters. The number of hydrogen-bond acceptors (Lipinski definition) is 7. The van der Waals surface area contributed by atoms with E-state index in [9.17, 15) is 0 Å². The van der Waals surface area contributed by atoms with Crippen molar-refractivity contribution in [2.45, 2.75) is 32.4 Å². The minimum absolute atomic E-state index is 0.250. The van der Waals surface area contributed by atoms with Crippen LogP contribution in [0.3, 0.4) is 0 Å². The highest BCUT2D eigenvalue weighted by Gasteiger charge is 2.31. The van der Waals surface area contributed by atoms with E-state index in [1.54, 1.807) is 12.4 Å². The molecular weight excluding hydrogens is 510 g/mol. The summed E-state index contributed by atoms with van der Waals surface area (Å²) in [4.78, 5) is 21.0. The standard InChI is InChI=1S/C32H31N9/c1-21(2)35-31-27(23-8-4-3-5-9-23)28(36-32-34-16-17-41(31)32)24-13-11-22(12-14-24)18-40-19-25(20-40)29-37-30(39-38-29)26-10-6-7-15-33-26/h3-17,21,25,35H,18-20H2,1-2H3,(H,37,38,39). The van der Waals surface area contributed by atoms with E-state index in [0.29, 0.717) is 17.5 Å². The maximum absolute atomic E-state index is 5.02. The van der Waals surface area contributed by atoms with Crippen molar-refractivity contribution in [2.24, 2.45) is 0 Å². The third-order valence-corrected chi connectivity index (χ3v) is 7.41. The van der Waals surface area contributed by atoms with Gasteiger partial charge in [-0.2, -0.15) is 5.10 Å². The summed E-state index contributed by atoms with van der Waals surface area (Å²) in [6.07, 6.45) is 5.52. The van der Waals surface area contributed by atoms with Crippen LogP contribution in [0.5, 0.6) is 0 Å². The Morgan fingerprint density at radius 1 is 0.878 bits per heavy atom. The van der Waals surface area contributed by atoms with E-state index in [0.717, 1.165) is 59.4 Å². The molecule has 0 amide bonds. The summed E-state index contributed by atoms with van der Waals surface area (Å²) in [5.74, 6) is 3.61. The molecular formula is C32H31N9. The Bertz CT molecular complexity index is 1770. The number of nitrogens with one attached hydrogen (secondary N) is 2. The lowest BCUT2D eigenvalue weighted by molar-refractivity contribution is 0.135. The molecule has 0 saturated carbocycles. The highest BCUT2D eigenvalue weighted by molar-refractivity contribution is 5.90. The van der Waals surface area contributed by atoms with Gasteiger partial charge in [0.15, 0.2) is 5.82 Å². The van der Waals surface area contributed by atoms with Crippen LogP contribution in [0.25, 0.3) is 39.7 Å². The van der Waals surface area contributed by atoms with Crippen LogP contribution in [0, 0.1) is 0 Å². The number of anilines is 1. The lowest BCUT2D eigenvalue weighted by Gasteiger charge is -2.38. The van der Waals surface area contributed by atoms with E-state index in [4.69, 9.17) is 9.97 Å². The average molecular weight is 542 g/mol. The maximum Gasteiger partial charge on any atom is 0.235 e. The van der Waals surface area contributed by atoms with Crippen molar-refractivity contribution in [3.8, 4) is 33.9 Å². The van der Waals surface area contributed by atoms with Crippen LogP contribution in [0.1, 0.15) is 31.2 Å². The van der Waals surface area contributed by atoms with Gasteiger partial charge >= 0.3 is 0 Å². The largest absolute Gasteiger partial charge is 0.368 e. The SMILES string of the molecule is CC(C)Nc1c(-c2ccccc2)c(-c2ccc(CN3CC(c4nc(-c5ccccn5)n[nH]4)C3)cc2)nc2nccn12. The molecule has 1 aliphatic rings. The number of rotatable bonds is 8. The molecule has 9 nitrogen and oxygen atoms in total. The van der Waals surface area contributed by atoms with Gasteiger partial charge in [-0.05, 0) is 37.1 Å². The number of pyridine rings is 1. The molecule has 2 aromatic carbocycles. The normalized spacial score (nSPS) is 14.0. The van der Waals surface area contributed by atoms with Gasteiger partial charge < -0.3 is 5.32 Å². The first kappa shape index (κ1) is 25.1. The summed E-state index contributed by atoms with van der Waals surface area (Å²) in [7, 11) is 0. The van der Waals surface area contributed by atoms with Crippen LogP contribution in [-0.4, -0.2) is 58.6 Å². The number of benzene rings is 2. The Morgan fingerprint density at radius 2 is 1.68 bits per heavy atom. The number of likely N-dealkylation sites (tertiary alicyclic amines) is 1. The second-order valence-corrected chi connectivity index (χ2v) is 10.8. The van der Waals surface area contributed by atoms with Gasteiger partial charge in [-0.25, -0.2) is 15.0 Å². The molecule has 1 fully saturated rings. The van der Waals surface area contributed by atoms with Crippen LogP contribution >= 0.6 is 0 Å². The van der Waals surface area contributed by atoms with E-state index in [1.807, 2.05) is 34.9 Å².